The average molecular weight is 262 g/mol. The van der Waals surface area contributed by atoms with Crippen LogP contribution < -0.4 is 0 Å². The Hall–Kier alpha value is -0.960. The van der Waals surface area contributed by atoms with Crippen molar-refractivity contribution in [2.45, 2.75) is 71.8 Å². The van der Waals surface area contributed by atoms with Crippen molar-refractivity contribution in [3.05, 3.63) is 23.3 Å². The first-order valence-corrected chi connectivity index (χ1v) is 7.45. The highest BCUT2D eigenvalue weighted by Gasteiger charge is 2.24. The highest BCUT2D eigenvalue weighted by atomic mass is 16.3. The first-order chi connectivity index (χ1) is 9.02. The molecule has 106 valence electrons. The number of aryl methyl sites for hydroxylation is 1. The minimum atomic E-state index is 0.0285. The predicted molar refractivity (Wildman–Crippen MR) is 76.9 cm³/mol. The molecule has 2 rings (SSSR count). The van der Waals surface area contributed by atoms with Crippen LogP contribution in [-0.2, 0) is 6.61 Å². The number of nitrogens with zero attached hydrogens (tertiary/aromatic N) is 2. The molecule has 0 amide bonds. The maximum atomic E-state index is 9.49. The predicted octanol–water partition coefficient (Wildman–Crippen LogP) is 3.74. The normalized spacial score (nSPS) is 20.8. The van der Waals surface area contributed by atoms with Crippen LogP contribution in [0.15, 0.2) is 6.20 Å². The summed E-state index contributed by atoms with van der Waals surface area (Å²) in [4.78, 5) is 8.71. The molecule has 1 N–H and O–H groups in total. The van der Waals surface area contributed by atoms with Gasteiger partial charge in [0.15, 0.2) is 0 Å². The van der Waals surface area contributed by atoms with Crippen LogP contribution in [0.4, 0.5) is 0 Å². The highest BCUT2D eigenvalue weighted by molar-refractivity contribution is 5.22. The van der Waals surface area contributed by atoms with Gasteiger partial charge in [0.1, 0.15) is 5.82 Å². The monoisotopic (exact) mass is 262 g/mol. The topological polar surface area (TPSA) is 46.0 Å². The van der Waals surface area contributed by atoms with Crippen LogP contribution in [0.25, 0.3) is 0 Å². The van der Waals surface area contributed by atoms with E-state index in [9.17, 15) is 5.11 Å². The van der Waals surface area contributed by atoms with Gasteiger partial charge in [0.05, 0.1) is 12.3 Å². The Bertz CT molecular complexity index is 417. The molecule has 0 atom stereocenters. The second kappa shape index (κ2) is 6.00. The molecule has 0 unspecified atom stereocenters. The van der Waals surface area contributed by atoms with Gasteiger partial charge in [-0.1, -0.05) is 26.7 Å². The van der Waals surface area contributed by atoms with E-state index in [-0.39, 0.29) is 6.61 Å². The van der Waals surface area contributed by atoms with Crippen LogP contribution in [0.5, 0.6) is 0 Å². The number of hydrogen-bond acceptors (Lipinski definition) is 3. The second-order valence-electron chi connectivity index (χ2n) is 6.62. The van der Waals surface area contributed by atoms with Gasteiger partial charge in [0, 0.05) is 6.20 Å². The lowest BCUT2D eigenvalue weighted by molar-refractivity contribution is 0.251. The number of aliphatic hydroxyl groups is 1. The van der Waals surface area contributed by atoms with E-state index in [0.717, 1.165) is 11.5 Å². The maximum Gasteiger partial charge on any atom is 0.125 e. The van der Waals surface area contributed by atoms with Crippen LogP contribution in [-0.4, -0.2) is 15.1 Å². The number of aromatic nitrogens is 2. The zero-order valence-electron chi connectivity index (χ0n) is 12.4. The smallest absolute Gasteiger partial charge is 0.125 e. The zero-order chi connectivity index (χ0) is 13.9. The zero-order valence-corrected chi connectivity index (χ0v) is 12.4. The number of rotatable bonds is 2. The summed E-state index contributed by atoms with van der Waals surface area (Å²) < 4.78 is 0. The van der Waals surface area contributed by atoms with Gasteiger partial charge < -0.3 is 5.11 Å². The molecule has 0 saturated heterocycles. The molecule has 1 heterocycles. The second-order valence-corrected chi connectivity index (χ2v) is 6.62. The van der Waals surface area contributed by atoms with Crippen molar-refractivity contribution in [1.29, 1.82) is 0 Å². The van der Waals surface area contributed by atoms with E-state index in [1.165, 1.54) is 44.1 Å². The summed E-state index contributed by atoms with van der Waals surface area (Å²) in [5.41, 5.74) is 2.50. The van der Waals surface area contributed by atoms with Crippen LogP contribution in [0.3, 0.4) is 0 Å². The fourth-order valence-corrected chi connectivity index (χ4v) is 3.23. The van der Waals surface area contributed by atoms with Gasteiger partial charge in [-0.2, -0.15) is 0 Å². The lowest BCUT2D eigenvalue weighted by Crippen LogP contribution is -2.16. The van der Waals surface area contributed by atoms with Crippen molar-refractivity contribution >= 4 is 0 Å². The Labute approximate surface area is 116 Å². The summed E-state index contributed by atoms with van der Waals surface area (Å²) in [6.45, 7) is 6.66. The van der Waals surface area contributed by atoms with E-state index < -0.39 is 0 Å². The molecule has 1 saturated carbocycles. The van der Waals surface area contributed by atoms with E-state index in [4.69, 9.17) is 0 Å². The van der Waals surface area contributed by atoms with Crippen LogP contribution >= 0.6 is 0 Å². The molecule has 1 aromatic rings. The molecule has 0 bridgehead atoms. The molecule has 1 aromatic heterocycles. The summed E-state index contributed by atoms with van der Waals surface area (Å²) in [6.07, 6.45) is 9.44. The molecule has 0 aliphatic heterocycles. The summed E-state index contributed by atoms with van der Waals surface area (Å²) in [6, 6.07) is 0. The Morgan fingerprint density at radius 2 is 1.89 bits per heavy atom. The number of hydrogen-bond donors (Lipinski definition) is 1. The van der Waals surface area contributed by atoms with Crippen molar-refractivity contribution < 1.29 is 5.11 Å². The van der Waals surface area contributed by atoms with Crippen molar-refractivity contribution in [2.24, 2.45) is 5.41 Å². The van der Waals surface area contributed by atoms with Gasteiger partial charge in [-0.05, 0) is 49.5 Å². The first-order valence-electron chi connectivity index (χ1n) is 7.45. The fraction of sp³-hybridized carbons (Fsp3) is 0.750. The molecule has 19 heavy (non-hydrogen) atoms. The van der Waals surface area contributed by atoms with Crippen LogP contribution in [0.2, 0.25) is 0 Å². The SMILES string of the molecule is Cc1ncc(C2CCCC(C)(C)CCC2)c(CO)n1. The molecular formula is C16H26N2O. The van der Waals surface area contributed by atoms with Crippen LogP contribution in [0.1, 0.15) is 75.4 Å². The molecule has 3 nitrogen and oxygen atoms in total. The molecule has 1 fully saturated rings. The summed E-state index contributed by atoms with van der Waals surface area (Å²) in [5, 5.41) is 9.49. The lowest BCUT2D eigenvalue weighted by Gasteiger charge is -2.30. The van der Waals surface area contributed by atoms with Gasteiger partial charge >= 0.3 is 0 Å². The molecule has 1 aliphatic carbocycles. The fourth-order valence-electron chi connectivity index (χ4n) is 3.23. The van der Waals surface area contributed by atoms with Gasteiger partial charge in [-0.15, -0.1) is 0 Å². The third-order valence-electron chi connectivity index (χ3n) is 4.42. The summed E-state index contributed by atoms with van der Waals surface area (Å²) >= 11 is 0. The maximum absolute atomic E-state index is 9.49. The first kappa shape index (κ1) is 14.4. The van der Waals surface area contributed by atoms with Gasteiger partial charge in [-0.25, -0.2) is 9.97 Å². The Balaban J connectivity index is 2.13. The largest absolute Gasteiger partial charge is 0.390 e. The van der Waals surface area contributed by atoms with E-state index in [1.54, 1.807) is 0 Å². The minimum absolute atomic E-state index is 0.0285. The van der Waals surface area contributed by atoms with E-state index >= 15 is 0 Å². The standard InChI is InChI=1S/C16H26N2O/c1-12-17-10-14(15(11-19)18-12)13-6-4-8-16(2,3)9-5-7-13/h10,13,19H,4-9,11H2,1-3H3. The number of aliphatic hydroxyl groups excluding tert-OH is 1. The van der Waals surface area contributed by atoms with E-state index in [0.29, 0.717) is 11.3 Å². The Kier molecular flexibility index (Phi) is 4.56. The Morgan fingerprint density at radius 3 is 2.47 bits per heavy atom. The van der Waals surface area contributed by atoms with Crippen molar-refractivity contribution in [3.8, 4) is 0 Å². The third-order valence-corrected chi connectivity index (χ3v) is 4.42. The van der Waals surface area contributed by atoms with Crippen molar-refractivity contribution in [3.63, 3.8) is 0 Å². The average Bonchev–Trinajstić information content (AvgIpc) is 2.34. The molecule has 0 spiro atoms. The van der Waals surface area contributed by atoms with Gasteiger partial charge in [0.2, 0.25) is 0 Å². The highest BCUT2D eigenvalue weighted by Crippen LogP contribution is 2.38. The van der Waals surface area contributed by atoms with Gasteiger partial charge in [-0.3, -0.25) is 0 Å². The van der Waals surface area contributed by atoms with E-state index in [1.807, 2.05) is 13.1 Å². The summed E-state index contributed by atoms with van der Waals surface area (Å²) in [5.74, 6) is 1.28. The lowest BCUT2D eigenvalue weighted by atomic mass is 9.76. The minimum Gasteiger partial charge on any atom is -0.390 e. The van der Waals surface area contributed by atoms with E-state index in [2.05, 4.69) is 23.8 Å². The van der Waals surface area contributed by atoms with Gasteiger partial charge in [0.25, 0.3) is 0 Å². The molecule has 3 heteroatoms. The van der Waals surface area contributed by atoms with Crippen LogP contribution in [0, 0.1) is 12.3 Å². The molecule has 0 radical (unpaired) electrons. The quantitative estimate of drug-likeness (QED) is 0.883. The third kappa shape index (κ3) is 3.75. The molecular weight excluding hydrogens is 236 g/mol. The molecule has 1 aliphatic rings. The Morgan fingerprint density at radius 1 is 1.26 bits per heavy atom. The molecule has 0 aromatic carbocycles. The van der Waals surface area contributed by atoms with Crippen molar-refractivity contribution in [1.82, 2.24) is 9.97 Å². The summed E-state index contributed by atoms with van der Waals surface area (Å²) in [7, 11) is 0. The van der Waals surface area contributed by atoms with Crippen molar-refractivity contribution in [2.75, 3.05) is 0 Å².